The van der Waals surface area contributed by atoms with Crippen LogP contribution in [0.1, 0.15) is 29.6 Å². The number of hydrogen-bond donors (Lipinski definition) is 2. The number of benzene rings is 1. The number of carboxylic acids is 1. The highest BCUT2D eigenvalue weighted by Gasteiger charge is 2.22. The Morgan fingerprint density at radius 2 is 2.16 bits per heavy atom. The van der Waals surface area contributed by atoms with Gasteiger partial charge in [-0.15, -0.1) is 0 Å². The summed E-state index contributed by atoms with van der Waals surface area (Å²) in [6.07, 6.45) is 1.98. The van der Waals surface area contributed by atoms with Crippen molar-refractivity contribution >= 4 is 17.6 Å². The maximum Gasteiger partial charge on any atom is 0.338 e. The predicted octanol–water partition coefficient (Wildman–Crippen LogP) is 2.03. The molecule has 19 heavy (non-hydrogen) atoms. The summed E-state index contributed by atoms with van der Waals surface area (Å²) >= 11 is 0. The van der Waals surface area contributed by atoms with E-state index in [-0.39, 0.29) is 11.6 Å². The number of rotatable bonds is 3. The highest BCUT2D eigenvalue weighted by molar-refractivity contribution is 5.95. The molecule has 102 valence electrons. The molecular formula is C13H14FNO4. The predicted molar refractivity (Wildman–Crippen MR) is 65.6 cm³/mol. The smallest absolute Gasteiger partial charge is 0.338 e. The van der Waals surface area contributed by atoms with Crippen LogP contribution in [0.2, 0.25) is 0 Å². The van der Waals surface area contributed by atoms with E-state index >= 15 is 0 Å². The third-order valence-corrected chi connectivity index (χ3v) is 2.94. The summed E-state index contributed by atoms with van der Waals surface area (Å²) in [5.74, 6) is -2.55. The molecule has 0 spiro atoms. The van der Waals surface area contributed by atoms with E-state index in [1.807, 2.05) is 0 Å². The van der Waals surface area contributed by atoms with E-state index in [4.69, 9.17) is 9.84 Å². The summed E-state index contributed by atoms with van der Waals surface area (Å²) in [4.78, 5) is 22.5. The molecule has 0 saturated carbocycles. The number of anilines is 1. The zero-order valence-electron chi connectivity index (χ0n) is 10.2. The average Bonchev–Trinajstić information content (AvgIpc) is 2.39. The normalized spacial score (nSPS) is 18.9. The number of amides is 1. The van der Waals surface area contributed by atoms with Crippen LogP contribution in [0.4, 0.5) is 10.1 Å². The molecule has 5 nitrogen and oxygen atoms in total. The van der Waals surface area contributed by atoms with Crippen LogP contribution in [0.15, 0.2) is 18.2 Å². The summed E-state index contributed by atoms with van der Waals surface area (Å²) < 4.78 is 18.7. The molecule has 2 rings (SSSR count). The maximum absolute atomic E-state index is 13.4. The monoisotopic (exact) mass is 267 g/mol. The maximum atomic E-state index is 13.4. The van der Waals surface area contributed by atoms with Gasteiger partial charge in [0, 0.05) is 12.3 Å². The van der Waals surface area contributed by atoms with Gasteiger partial charge in [-0.25, -0.2) is 9.18 Å². The highest BCUT2D eigenvalue weighted by atomic mass is 19.1. The van der Waals surface area contributed by atoms with E-state index in [2.05, 4.69) is 5.32 Å². The second-order valence-electron chi connectivity index (χ2n) is 4.34. The Morgan fingerprint density at radius 3 is 2.74 bits per heavy atom. The van der Waals surface area contributed by atoms with E-state index in [0.29, 0.717) is 13.0 Å². The minimum absolute atomic E-state index is 0.224. The van der Waals surface area contributed by atoms with Crippen LogP contribution in [0.3, 0.4) is 0 Å². The Bertz CT molecular complexity index is 497. The average molecular weight is 267 g/mol. The summed E-state index contributed by atoms with van der Waals surface area (Å²) in [5, 5.41) is 11.2. The Labute approximate surface area is 109 Å². The largest absolute Gasteiger partial charge is 0.478 e. The van der Waals surface area contributed by atoms with Gasteiger partial charge in [-0.05, 0) is 37.5 Å². The fourth-order valence-corrected chi connectivity index (χ4v) is 1.94. The molecule has 1 aliphatic heterocycles. The summed E-state index contributed by atoms with van der Waals surface area (Å²) in [6.45, 7) is 0.546. The Balaban J connectivity index is 2.04. The van der Waals surface area contributed by atoms with Gasteiger partial charge in [-0.1, -0.05) is 0 Å². The third-order valence-electron chi connectivity index (χ3n) is 2.94. The van der Waals surface area contributed by atoms with Crippen LogP contribution in [-0.4, -0.2) is 29.7 Å². The lowest BCUT2D eigenvalue weighted by Gasteiger charge is -2.21. The van der Waals surface area contributed by atoms with E-state index < -0.39 is 23.5 Å². The van der Waals surface area contributed by atoms with E-state index in [0.717, 1.165) is 25.0 Å². The van der Waals surface area contributed by atoms with Gasteiger partial charge in [0.1, 0.15) is 11.9 Å². The van der Waals surface area contributed by atoms with Crippen molar-refractivity contribution in [3.8, 4) is 0 Å². The molecule has 1 unspecified atom stereocenters. The van der Waals surface area contributed by atoms with Crippen molar-refractivity contribution < 1.29 is 23.8 Å². The molecule has 1 saturated heterocycles. The lowest BCUT2D eigenvalue weighted by molar-refractivity contribution is -0.129. The Kier molecular flexibility index (Phi) is 4.11. The third kappa shape index (κ3) is 3.29. The van der Waals surface area contributed by atoms with Crippen molar-refractivity contribution in [1.29, 1.82) is 0 Å². The molecule has 1 fully saturated rings. The number of nitrogens with one attached hydrogen (secondary N) is 1. The van der Waals surface area contributed by atoms with Crippen molar-refractivity contribution in [3.63, 3.8) is 0 Å². The second kappa shape index (κ2) is 5.79. The number of aromatic carboxylic acids is 1. The van der Waals surface area contributed by atoms with Crippen molar-refractivity contribution in [2.24, 2.45) is 0 Å². The topological polar surface area (TPSA) is 75.6 Å². The summed E-state index contributed by atoms with van der Waals surface area (Å²) in [5.41, 5.74) is -0.200. The number of carbonyl (C=O) groups is 2. The van der Waals surface area contributed by atoms with Crippen LogP contribution in [0.5, 0.6) is 0 Å². The molecule has 1 aromatic rings. The van der Waals surface area contributed by atoms with Crippen LogP contribution < -0.4 is 5.32 Å². The number of hydrogen-bond acceptors (Lipinski definition) is 3. The van der Waals surface area contributed by atoms with Crippen LogP contribution in [0.25, 0.3) is 0 Å². The first-order chi connectivity index (χ1) is 9.08. The number of carbonyl (C=O) groups excluding carboxylic acids is 1. The molecule has 6 heteroatoms. The second-order valence-corrected chi connectivity index (χ2v) is 4.34. The number of halogens is 1. The van der Waals surface area contributed by atoms with Crippen LogP contribution >= 0.6 is 0 Å². The minimum Gasteiger partial charge on any atom is -0.478 e. The molecule has 1 heterocycles. The number of carboxylic acid groups (broad SMARTS) is 1. The molecule has 1 aromatic carbocycles. The van der Waals surface area contributed by atoms with Gasteiger partial charge in [0.2, 0.25) is 0 Å². The van der Waals surface area contributed by atoms with Gasteiger partial charge >= 0.3 is 5.97 Å². The molecule has 0 bridgehead atoms. The van der Waals surface area contributed by atoms with Gasteiger partial charge in [0.15, 0.2) is 0 Å². The fourth-order valence-electron chi connectivity index (χ4n) is 1.94. The van der Waals surface area contributed by atoms with E-state index in [1.165, 1.54) is 6.07 Å². The molecule has 1 atom stereocenters. The lowest BCUT2D eigenvalue weighted by atomic mass is 10.1. The summed E-state index contributed by atoms with van der Waals surface area (Å²) in [6, 6.07) is 3.46. The SMILES string of the molecule is O=C(O)c1ccc(NC(=O)C2CCCCO2)cc1F. The van der Waals surface area contributed by atoms with Crippen molar-refractivity contribution in [3.05, 3.63) is 29.6 Å². The van der Waals surface area contributed by atoms with E-state index in [9.17, 15) is 14.0 Å². The first-order valence-electron chi connectivity index (χ1n) is 6.03. The molecule has 2 N–H and O–H groups in total. The zero-order chi connectivity index (χ0) is 13.8. The highest BCUT2D eigenvalue weighted by Crippen LogP contribution is 2.18. The van der Waals surface area contributed by atoms with Crippen molar-refractivity contribution in [2.45, 2.75) is 25.4 Å². The zero-order valence-corrected chi connectivity index (χ0v) is 10.2. The van der Waals surface area contributed by atoms with Gasteiger partial charge in [-0.3, -0.25) is 4.79 Å². The standard InChI is InChI=1S/C13H14FNO4/c14-10-7-8(4-5-9(10)13(17)18)15-12(16)11-3-1-2-6-19-11/h4-5,7,11H,1-3,6H2,(H,15,16)(H,17,18). The van der Waals surface area contributed by atoms with Gasteiger partial charge < -0.3 is 15.2 Å². The molecule has 0 aromatic heterocycles. The minimum atomic E-state index is -1.34. The Morgan fingerprint density at radius 1 is 1.37 bits per heavy atom. The lowest BCUT2D eigenvalue weighted by Crippen LogP contribution is -2.33. The quantitative estimate of drug-likeness (QED) is 0.878. The molecular weight excluding hydrogens is 253 g/mol. The first-order valence-corrected chi connectivity index (χ1v) is 6.03. The van der Waals surface area contributed by atoms with Crippen molar-refractivity contribution in [1.82, 2.24) is 0 Å². The molecule has 0 radical (unpaired) electrons. The molecule has 1 amide bonds. The number of ether oxygens (including phenoxy) is 1. The summed E-state index contributed by atoms with van der Waals surface area (Å²) in [7, 11) is 0. The van der Waals surface area contributed by atoms with Crippen molar-refractivity contribution in [2.75, 3.05) is 11.9 Å². The van der Waals surface area contributed by atoms with Crippen LogP contribution in [-0.2, 0) is 9.53 Å². The van der Waals surface area contributed by atoms with Gasteiger partial charge in [-0.2, -0.15) is 0 Å². The van der Waals surface area contributed by atoms with Crippen LogP contribution in [0, 0.1) is 5.82 Å². The van der Waals surface area contributed by atoms with E-state index in [1.54, 1.807) is 0 Å². The first kappa shape index (κ1) is 13.5. The molecule has 1 aliphatic rings. The fraction of sp³-hybridized carbons (Fsp3) is 0.385. The molecule has 0 aliphatic carbocycles. The van der Waals surface area contributed by atoms with Gasteiger partial charge in [0.05, 0.1) is 5.56 Å². The van der Waals surface area contributed by atoms with Gasteiger partial charge in [0.25, 0.3) is 5.91 Å². The Hall–Kier alpha value is -1.95.